The van der Waals surface area contributed by atoms with Gasteiger partial charge in [-0.2, -0.15) is 0 Å². The Morgan fingerprint density at radius 3 is 2.35 bits per heavy atom. The lowest BCUT2D eigenvalue weighted by atomic mass is 10.1. The number of hydrogen-bond acceptors (Lipinski definition) is 5. The molecule has 6 nitrogen and oxygen atoms in total. The summed E-state index contributed by atoms with van der Waals surface area (Å²) in [5, 5.41) is 10.0. The van der Waals surface area contributed by atoms with Crippen molar-refractivity contribution in [1.82, 2.24) is 4.90 Å². The lowest BCUT2D eigenvalue weighted by Gasteiger charge is -2.15. The minimum atomic E-state index is -0.662. The van der Waals surface area contributed by atoms with Gasteiger partial charge in [-0.3, -0.25) is 14.5 Å². The maximum atomic E-state index is 12.4. The van der Waals surface area contributed by atoms with Crippen molar-refractivity contribution in [3.8, 4) is 5.75 Å². The van der Waals surface area contributed by atoms with E-state index in [1.54, 1.807) is 24.3 Å². The number of amides is 2. The van der Waals surface area contributed by atoms with Crippen molar-refractivity contribution in [3.05, 3.63) is 35.6 Å². The average molecular weight is 319 g/mol. The van der Waals surface area contributed by atoms with Crippen LogP contribution < -0.4 is 4.74 Å². The van der Waals surface area contributed by atoms with Gasteiger partial charge in [0.1, 0.15) is 5.75 Å². The van der Waals surface area contributed by atoms with Gasteiger partial charge in [0.05, 0.1) is 18.8 Å². The molecule has 1 aliphatic heterocycles. The Kier molecular flexibility index (Phi) is 5.39. The SMILES string of the molecule is COc1ccc(C2=C(O)C(=O)N(CCCOC(C)C)C2=O)cc1. The highest BCUT2D eigenvalue weighted by Gasteiger charge is 2.38. The summed E-state index contributed by atoms with van der Waals surface area (Å²) in [5.74, 6) is -1.02. The van der Waals surface area contributed by atoms with E-state index in [4.69, 9.17) is 9.47 Å². The number of imide groups is 1. The first-order valence-electron chi connectivity index (χ1n) is 7.51. The molecule has 0 radical (unpaired) electrons. The molecular weight excluding hydrogens is 298 g/mol. The van der Waals surface area contributed by atoms with Crippen LogP contribution in [0.2, 0.25) is 0 Å². The summed E-state index contributed by atoms with van der Waals surface area (Å²) in [7, 11) is 1.54. The standard InChI is InChI=1S/C17H21NO5/c1-11(2)23-10-4-9-18-16(20)14(15(19)17(18)21)12-5-7-13(22-3)8-6-12/h5-8,11,19H,4,9-10H2,1-3H3. The molecule has 0 aromatic heterocycles. The summed E-state index contributed by atoms with van der Waals surface area (Å²) < 4.78 is 10.5. The van der Waals surface area contributed by atoms with Gasteiger partial charge in [-0.05, 0) is 38.0 Å². The third kappa shape index (κ3) is 3.71. The van der Waals surface area contributed by atoms with Crippen molar-refractivity contribution in [1.29, 1.82) is 0 Å². The molecule has 2 rings (SSSR count). The number of methoxy groups -OCH3 is 1. The largest absolute Gasteiger partial charge is 0.502 e. The molecule has 0 unspecified atom stereocenters. The van der Waals surface area contributed by atoms with Crippen molar-refractivity contribution < 1.29 is 24.2 Å². The number of carbonyl (C=O) groups is 2. The summed E-state index contributed by atoms with van der Waals surface area (Å²) in [6.45, 7) is 4.50. The third-order valence-corrected chi connectivity index (χ3v) is 3.50. The highest BCUT2D eigenvalue weighted by molar-refractivity contribution is 6.34. The molecule has 1 aromatic carbocycles. The molecule has 2 amide bonds. The molecule has 0 saturated carbocycles. The van der Waals surface area contributed by atoms with Gasteiger partial charge in [-0.1, -0.05) is 12.1 Å². The van der Waals surface area contributed by atoms with Gasteiger partial charge in [0.15, 0.2) is 5.76 Å². The fraction of sp³-hybridized carbons (Fsp3) is 0.412. The quantitative estimate of drug-likeness (QED) is 0.615. The van der Waals surface area contributed by atoms with Crippen LogP contribution in [0.4, 0.5) is 0 Å². The number of nitrogens with zero attached hydrogens (tertiary/aromatic N) is 1. The molecule has 0 aliphatic carbocycles. The van der Waals surface area contributed by atoms with E-state index in [1.165, 1.54) is 7.11 Å². The van der Waals surface area contributed by atoms with Crippen LogP contribution in [0.3, 0.4) is 0 Å². The van der Waals surface area contributed by atoms with Crippen molar-refractivity contribution in [3.63, 3.8) is 0 Å². The summed E-state index contributed by atoms with van der Waals surface area (Å²) >= 11 is 0. The van der Waals surface area contributed by atoms with E-state index < -0.39 is 17.6 Å². The van der Waals surface area contributed by atoms with Gasteiger partial charge in [0.2, 0.25) is 0 Å². The van der Waals surface area contributed by atoms with Crippen LogP contribution in [0.1, 0.15) is 25.8 Å². The Hall–Kier alpha value is -2.34. The van der Waals surface area contributed by atoms with Crippen LogP contribution in [-0.4, -0.2) is 48.2 Å². The van der Waals surface area contributed by atoms with Gasteiger partial charge in [-0.15, -0.1) is 0 Å². The third-order valence-electron chi connectivity index (χ3n) is 3.50. The molecule has 0 atom stereocenters. The molecule has 0 fully saturated rings. The summed E-state index contributed by atoms with van der Waals surface area (Å²) in [6, 6.07) is 6.63. The smallest absolute Gasteiger partial charge is 0.296 e. The van der Waals surface area contributed by atoms with E-state index in [0.717, 1.165) is 4.90 Å². The maximum absolute atomic E-state index is 12.4. The molecule has 0 saturated heterocycles. The van der Waals surface area contributed by atoms with Crippen LogP contribution in [0, 0.1) is 0 Å². The fourth-order valence-corrected chi connectivity index (χ4v) is 2.33. The van der Waals surface area contributed by atoms with E-state index in [-0.39, 0.29) is 18.2 Å². The molecule has 1 N–H and O–H groups in total. The number of ether oxygens (including phenoxy) is 2. The number of benzene rings is 1. The van der Waals surface area contributed by atoms with Crippen LogP contribution in [-0.2, 0) is 14.3 Å². The Balaban J connectivity index is 2.09. The van der Waals surface area contributed by atoms with Gasteiger partial charge >= 0.3 is 0 Å². The highest BCUT2D eigenvalue weighted by atomic mass is 16.5. The normalized spacial score (nSPS) is 15.0. The van der Waals surface area contributed by atoms with Crippen molar-refractivity contribution in [2.24, 2.45) is 0 Å². The Labute approximate surface area is 135 Å². The first-order chi connectivity index (χ1) is 11.0. The minimum Gasteiger partial charge on any atom is -0.502 e. The summed E-state index contributed by atoms with van der Waals surface area (Å²) in [6.07, 6.45) is 0.625. The van der Waals surface area contributed by atoms with E-state index in [0.29, 0.717) is 24.3 Å². The van der Waals surface area contributed by atoms with Gasteiger partial charge in [0.25, 0.3) is 11.8 Å². The lowest BCUT2D eigenvalue weighted by molar-refractivity contribution is -0.138. The van der Waals surface area contributed by atoms with Crippen molar-refractivity contribution in [2.45, 2.75) is 26.4 Å². The van der Waals surface area contributed by atoms with Gasteiger partial charge in [0, 0.05) is 13.2 Å². The van der Waals surface area contributed by atoms with Crippen LogP contribution >= 0.6 is 0 Å². The first kappa shape index (κ1) is 17.0. The topological polar surface area (TPSA) is 76.1 Å². The van der Waals surface area contributed by atoms with Gasteiger partial charge in [-0.25, -0.2) is 0 Å². The fourth-order valence-electron chi connectivity index (χ4n) is 2.33. The number of aliphatic hydroxyl groups excluding tert-OH is 1. The second-order valence-electron chi connectivity index (χ2n) is 5.49. The van der Waals surface area contributed by atoms with Gasteiger partial charge < -0.3 is 14.6 Å². The van der Waals surface area contributed by atoms with Crippen molar-refractivity contribution >= 4 is 17.4 Å². The minimum absolute atomic E-state index is 0.0300. The Bertz CT molecular complexity index is 618. The van der Waals surface area contributed by atoms with E-state index >= 15 is 0 Å². The Morgan fingerprint density at radius 2 is 1.78 bits per heavy atom. The number of carbonyl (C=O) groups excluding carboxylic acids is 2. The molecule has 0 spiro atoms. The zero-order chi connectivity index (χ0) is 17.0. The number of rotatable bonds is 7. The molecule has 0 bridgehead atoms. The van der Waals surface area contributed by atoms with E-state index in [2.05, 4.69) is 0 Å². The van der Waals surface area contributed by atoms with E-state index in [9.17, 15) is 14.7 Å². The van der Waals surface area contributed by atoms with Crippen LogP contribution in [0.25, 0.3) is 5.57 Å². The molecule has 6 heteroatoms. The molecule has 124 valence electrons. The average Bonchev–Trinajstić information content (AvgIpc) is 2.74. The lowest BCUT2D eigenvalue weighted by Crippen LogP contribution is -2.33. The zero-order valence-electron chi connectivity index (χ0n) is 13.5. The molecule has 1 aromatic rings. The predicted octanol–water partition coefficient (Wildman–Crippen LogP) is 2.15. The monoisotopic (exact) mass is 319 g/mol. The predicted molar refractivity (Wildman–Crippen MR) is 85.0 cm³/mol. The molecule has 1 heterocycles. The zero-order valence-corrected chi connectivity index (χ0v) is 13.5. The second-order valence-corrected chi connectivity index (χ2v) is 5.49. The Morgan fingerprint density at radius 1 is 1.13 bits per heavy atom. The highest BCUT2D eigenvalue weighted by Crippen LogP contribution is 2.29. The summed E-state index contributed by atoms with van der Waals surface area (Å²) in [5.41, 5.74) is 0.519. The number of hydrogen-bond donors (Lipinski definition) is 1. The van der Waals surface area contributed by atoms with Crippen molar-refractivity contribution in [2.75, 3.05) is 20.3 Å². The number of aliphatic hydroxyl groups is 1. The first-order valence-corrected chi connectivity index (χ1v) is 7.51. The molecule has 23 heavy (non-hydrogen) atoms. The van der Waals surface area contributed by atoms with Crippen LogP contribution in [0.15, 0.2) is 30.0 Å². The summed E-state index contributed by atoms with van der Waals surface area (Å²) in [4.78, 5) is 25.6. The molecule has 1 aliphatic rings. The van der Waals surface area contributed by atoms with Crippen LogP contribution in [0.5, 0.6) is 5.75 Å². The maximum Gasteiger partial charge on any atom is 0.296 e. The van der Waals surface area contributed by atoms with E-state index in [1.807, 2.05) is 13.8 Å². The molecular formula is C17H21NO5. The second kappa shape index (κ2) is 7.28.